The van der Waals surface area contributed by atoms with Crippen molar-refractivity contribution < 1.29 is 23.5 Å². The SMILES string of the molecule is CC(C)(C)OC(=O)N(C[C@H]1C[C@H](n2cc(-c3ncc(F)c4[nH]ccc34)c(C3CC3)n2)C1)C(=O)OC(C)(C)C. The molecule has 0 bridgehead atoms. The van der Waals surface area contributed by atoms with Gasteiger partial charge in [0, 0.05) is 35.8 Å². The molecule has 2 amide bonds. The monoisotopic (exact) mass is 525 g/mol. The van der Waals surface area contributed by atoms with E-state index >= 15 is 0 Å². The number of fused-ring (bicyclic) bond motifs is 1. The number of rotatable bonds is 5. The Balaban J connectivity index is 1.32. The van der Waals surface area contributed by atoms with Gasteiger partial charge in [-0.25, -0.2) is 18.9 Å². The van der Waals surface area contributed by atoms with Gasteiger partial charge >= 0.3 is 12.2 Å². The number of hydrogen-bond donors (Lipinski definition) is 1. The van der Waals surface area contributed by atoms with Gasteiger partial charge in [0.2, 0.25) is 0 Å². The van der Waals surface area contributed by atoms with E-state index in [1.807, 2.05) is 16.9 Å². The predicted molar refractivity (Wildman–Crippen MR) is 140 cm³/mol. The van der Waals surface area contributed by atoms with Crippen molar-refractivity contribution in [1.29, 1.82) is 0 Å². The molecule has 9 nitrogen and oxygen atoms in total. The topological polar surface area (TPSA) is 102 Å². The van der Waals surface area contributed by atoms with Crippen LogP contribution in [0.15, 0.2) is 24.7 Å². The molecule has 3 aromatic rings. The van der Waals surface area contributed by atoms with Crippen molar-refractivity contribution in [1.82, 2.24) is 24.6 Å². The van der Waals surface area contributed by atoms with Crippen LogP contribution in [0.2, 0.25) is 0 Å². The number of nitrogens with zero attached hydrogens (tertiary/aromatic N) is 4. The maximum Gasteiger partial charge on any atom is 0.419 e. The number of halogens is 1. The Morgan fingerprint density at radius 2 is 1.74 bits per heavy atom. The summed E-state index contributed by atoms with van der Waals surface area (Å²) in [6.07, 6.45) is 7.25. The van der Waals surface area contributed by atoms with E-state index in [0.29, 0.717) is 11.4 Å². The van der Waals surface area contributed by atoms with E-state index in [4.69, 9.17) is 14.6 Å². The van der Waals surface area contributed by atoms with E-state index in [9.17, 15) is 14.0 Å². The lowest BCUT2D eigenvalue weighted by Gasteiger charge is -2.38. The van der Waals surface area contributed by atoms with E-state index < -0.39 is 23.4 Å². The molecule has 204 valence electrons. The van der Waals surface area contributed by atoms with Gasteiger partial charge in [-0.05, 0) is 79.2 Å². The lowest BCUT2D eigenvalue weighted by Crippen LogP contribution is -2.47. The number of aromatic nitrogens is 4. The number of H-pyrrole nitrogens is 1. The van der Waals surface area contributed by atoms with Crippen LogP contribution < -0.4 is 0 Å². The molecular formula is C28H36FN5O4. The second kappa shape index (κ2) is 9.39. The number of nitrogens with one attached hydrogen (secondary N) is 1. The molecule has 2 saturated carbocycles. The van der Waals surface area contributed by atoms with E-state index in [0.717, 1.165) is 52.9 Å². The average Bonchev–Trinajstić information content (AvgIpc) is 3.31. The van der Waals surface area contributed by atoms with Crippen molar-refractivity contribution >= 4 is 23.1 Å². The zero-order valence-electron chi connectivity index (χ0n) is 22.9. The molecule has 0 aromatic carbocycles. The van der Waals surface area contributed by atoms with Gasteiger partial charge in [0.25, 0.3) is 0 Å². The quantitative estimate of drug-likeness (QED) is 0.404. The van der Waals surface area contributed by atoms with Crippen molar-refractivity contribution in [3.63, 3.8) is 0 Å². The Hall–Kier alpha value is -3.43. The minimum atomic E-state index is -0.733. The number of pyridine rings is 1. The van der Waals surface area contributed by atoms with Crippen LogP contribution >= 0.6 is 0 Å². The molecule has 3 heterocycles. The van der Waals surface area contributed by atoms with Gasteiger partial charge in [-0.2, -0.15) is 5.10 Å². The number of imide groups is 1. The Morgan fingerprint density at radius 1 is 1.11 bits per heavy atom. The molecule has 1 N–H and O–H groups in total. The van der Waals surface area contributed by atoms with E-state index in [-0.39, 0.29) is 24.3 Å². The van der Waals surface area contributed by atoms with Crippen LogP contribution in [-0.2, 0) is 9.47 Å². The highest BCUT2D eigenvalue weighted by Crippen LogP contribution is 2.46. The average molecular weight is 526 g/mol. The maximum atomic E-state index is 14.2. The molecule has 0 unspecified atom stereocenters. The summed E-state index contributed by atoms with van der Waals surface area (Å²) in [7, 11) is 0. The van der Waals surface area contributed by atoms with Crippen LogP contribution in [-0.4, -0.2) is 54.6 Å². The van der Waals surface area contributed by atoms with Gasteiger partial charge in [-0.3, -0.25) is 9.67 Å². The Morgan fingerprint density at radius 3 is 2.32 bits per heavy atom. The van der Waals surface area contributed by atoms with Gasteiger partial charge in [-0.1, -0.05) is 0 Å². The van der Waals surface area contributed by atoms with Gasteiger partial charge in [-0.15, -0.1) is 0 Å². The van der Waals surface area contributed by atoms with Crippen LogP contribution in [0.1, 0.15) is 84.9 Å². The highest BCUT2D eigenvalue weighted by atomic mass is 19.1. The number of aromatic amines is 1. The molecule has 0 saturated heterocycles. The standard InChI is InChI=1S/C28H36FN5O4/c1-27(2,3)37-25(35)33(26(36)38-28(4,5)6)14-16-11-18(12-16)34-15-20(22(32-34)17-7-8-17)23-19-9-10-30-24(19)21(29)13-31-23/h9-10,13,15-18,30H,7-8,11-12,14H2,1-6H3/t16-,18-. The first-order chi connectivity index (χ1) is 17.8. The molecule has 0 aliphatic heterocycles. The number of carbonyl (C=O) groups is 2. The summed E-state index contributed by atoms with van der Waals surface area (Å²) in [4.78, 5) is 34.2. The molecule has 10 heteroatoms. The summed E-state index contributed by atoms with van der Waals surface area (Å²) < 4.78 is 27.2. The summed E-state index contributed by atoms with van der Waals surface area (Å²) in [5.41, 5.74) is 1.64. The lowest BCUT2D eigenvalue weighted by atomic mass is 9.80. The predicted octanol–water partition coefficient (Wildman–Crippen LogP) is 6.57. The molecule has 3 aromatic heterocycles. The van der Waals surface area contributed by atoms with Gasteiger partial charge in [0.1, 0.15) is 11.2 Å². The summed E-state index contributed by atoms with van der Waals surface area (Å²) in [5.74, 6) is 0.102. The highest BCUT2D eigenvalue weighted by Gasteiger charge is 2.40. The molecule has 5 rings (SSSR count). The fourth-order valence-corrected chi connectivity index (χ4v) is 4.85. The third kappa shape index (κ3) is 5.54. The largest absolute Gasteiger partial charge is 0.443 e. The van der Waals surface area contributed by atoms with Crippen LogP contribution in [0.25, 0.3) is 22.2 Å². The van der Waals surface area contributed by atoms with Crippen molar-refractivity contribution in [2.45, 2.75) is 90.4 Å². The molecule has 0 radical (unpaired) electrons. The molecule has 38 heavy (non-hydrogen) atoms. The van der Waals surface area contributed by atoms with E-state index in [2.05, 4.69) is 9.97 Å². The minimum absolute atomic E-state index is 0.0948. The number of carbonyl (C=O) groups excluding carboxylic acids is 2. The maximum absolute atomic E-state index is 14.2. The van der Waals surface area contributed by atoms with Crippen molar-refractivity contribution in [2.75, 3.05) is 6.54 Å². The van der Waals surface area contributed by atoms with Crippen molar-refractivity contribution in [2.24, 2.45) is 5.92 Å². The second-order valence-electron chi connectivity index (χ2n) is 12.5. The minimum Gasteiger partial charge on any atom is -0.443 e. The number of ether oxygens (including phenoxy) is 2. The fourth-order valence-electron chi connectivity index (χ4n) is 4.85. The van der Waals surface area contributed by atoms with Crippen LogP contribution in [0.5, 0.6) is 0 Å². The van der Waals surface area contributed by atoms with Crippen molar-refractivity contribution in [3.8, 4) is 11.3 Å². The third-order valence-corrected chi connectivity index (χ3v) is 6.78. The molecule has 2 fully saturated rings. The summed E-state index contributed by atoms with van der Waals surface area (Å²) in [5, 5.41) is 5.68. The normalized spacial score (nSPS) is 19.8. The zero-order valence-corrected chi connectivity index (χ0v) is 22.9. The summed E-state index contributed by atoms with van der Waals surface area (Å²) in [6.45, 7) is 10.8. The lowest BCUT2D eigenvalue weighted by molar-refractivity contribution is -0.00641. The van der Waals surface area contributed by atoms with E-state index in [1.165, 1.54) is 6.20 Å². The molecule has 2 aliphatic rings. The number of hydrogen-bond acceptors (Lipinski definition) is 6. The van der Waals surface area contributed by atoms with Crippen LogP contribution in [0.4, 0.5) is 14.0 Å². The second-order valence-corrected chi connectivity index (χ2v) is 12.5. The molecule has 0 spiro atoms. The molecule has 2 aliphatic carbocycles. The first kappa shape index (κ1) is 26.2. The first-order valence-corrected chi connectivity index (χ1v) is 13.2. The van der Waals surface area contributed by atoms with Gasteiger partial charge in [0.05, 0.1) is 29.1 Å². The Kier molecular flexibility index (Phi) is 6.47. The summed E-state index contributed by atoms with van der Waals surface area (Å²) in [6, 6.07) is 1.98. The third-order valence-electron chi connectivity index (χ3n) is 6.78. The van der Waals surface area contributed by atoms with Gasteiger partial charge < -0.3 is 14.5 Å². The zero-order chi connectivity index (χ0) is 27.4. The highest BCUT2D eigenvalue weighted by molar-refractivity contribution is 5.93. The Bertz CT molecular complexity index is 1330. The molecular weight excluding hydrogens is 489 g/mol. The fraction of sp³-hybridized carbons (Fsp3) is 0.571. The molecule has 0 atom stereocenters. The van der Waals surface area contributed by atoms with E-state index in [1.54, 1.807) is 47.7 Å². The number of amides is 2. The van der Waals surface area contributed by atoms with Crippen LogP contribution in [0, 0.1) is 11.7 Å². The smallest absolute Gasteiger partial charge is 0.419 e. The summed E-state index contributed by atoms with van der Waals surface area (Å²) >= 11 is 0. The van der Waals surface area contributed by atoms with Crippen LogP contribution in [0.3, 0.4) is 0 Å². The van der Waals surface area contributed by atoms with Crippen molar-refractivity contribution in [3.05, 3.63) is 36.2 Å². The van der Waals surface area contributed by atoms with Gasteiger partial charge in [0.15, 0.2) is 5.82 Å². The first-order valence-electron chi connectivity index (χ1n) is 13.2. The Labute approximate surface area is 221 Å².